The van der Waals surface area contributed by atoms with Crippen molar-refractivity contribution in [2.45, 2.75) is 32.8 Å². The second-order valence-electron chi connectivity index (χ2n) is 2.94. The Morgan fingerprint density at radius 2 is 2.09 bits per heavy atom. The summed E-state index contributed by atoms with van der Waals surface area (Å²) in [5.74, 6) is -0.0690. The number of Topliss-reactive ketones (excluding diaryl/α,β-unsaturated/α-hetero) is 1. The monoisotopic (exact) mass is 180 g/mol. The maximum Gasteiger partial charge on any atom is 0.302 e. The Kier molecular flexibility index (Phi) is 3.85. The molecule has 0 fully saturated rings. The molecule has 0 aromatic rings. The van der Waals surface area contributed by atoms with Gasteiger partial charge in [0.05, 0.1) is 5.60 Å². The third kappa shape index (κ3) is 6.15. The average molecular weight is 180 g/mol. The number of hydrogen-bond donors (Lipinski definition) is 1. The summed E-state index contributed by atoms with van der Waals surface area (Å²) >= 11 is -2.30. The molecule has 0 amide bonds. The van der Waals surface area contributed by atoms with E-state index >= 15 is 0 Å². The van der Waals surface area contributed by atoms with Gasteiger partial charge in [0.1, 0.15) is 5.78 Å². The summed E-state index contributed by atoms with van der Waals surface area (Å²) in [4.78, 5) is 10.6. The molecular weight excluding hydrogens is 168 g/mol. The minimum absolute atomic E-state index is 0.0690. The van der Waals surface area contributed by atoms with Gasteiger partial charge in [-0.25, -0.2) is 0 Å². The number of hydrogen-bond acceptors (Lipinski definition) is 3. The summed E-state index contributed by atoms with van der Waals surface area (Å²) in [5.41, 5.74) is -0.856. The largest absolute Gasteiger partial charge is 0.302 e. The Morgan fingerprint density at radius 3 is 2.36 bits per heavy atom. The third-order valence-electron chi connectivity index (χ3n) is 0.972. The average Bonchev–Trinajstić information content (AvgIpc) is 1.53. The second kappa shape index (κ2) is 3.94. The summed E-state index contributed by atoms with van der Waals surface area (Å²) in [6, 6.07) is 0. The molecule has 0 saturated heterocycles. The van der Waals surface area contributed by atoms with Crippen molar-refractivity contribution >= 4 is 17.1 Å². The van der Waals surface area contributed by atoms with Gasteiger partial charge in [0.2, 0.25) is 0 Å². The number of carbonyl (C=O) groups is 1. The minimum Gasteiger partial charge on any atom is -0.300 e. The van der Waals surface area contributed by atoms with Crippen molar-refractivity contribution in [3.8, 4) is 0 Å². The second-order valence-corrected chi connectivity index (χ2v) is 3.54. The SMILES string of the molecule is CC(=O)CC(C)(C)OS(=O)O. The van der Waals surface area contributed by atoms with Gasteiger partial charge < -0.3 is 0 Å². The van der Waals surface area contributed by atoms with E-state index in [1.54, 1.807) is 13.8 Å². The van der Waals surface area contributed by atoms with Crippen molar-refractivity contribution in [1.29, 1.82) is 0 Å². The Balaban J connectivity index is 3.99. The quantitative estimate of drug-likeness (QED) is 0.653. The summed E-state index contributed by atoms with van der Waals surface area (Å²) in [6.45, 7) is 4.58. The zero-order valence-corrected chi connectivity index (χ0v) is 7.60. The number of ketones is 1. The van der Waals surface area contributed by atoms with Crippen LogP contribution in [0.15, 0.2) is 0 Å². The van der Waals surface area contributed by atoms with Gasteiger partial charge in [0, 0.05) is 6.42 Å². The minimum atomic E-state index is -2.30. The van der Waals surface area contributed by atoms with E-state index in [0.29, 0.717) is 0 Å². The number of rotatable bonds is 4. The third-order valence-corrected chi connectivity index (χ3v) is 1.57. The molecule has 0 bridgehead atoms. The van der Waals surface area contributed by atoms with Crippen LogP contribution in [-0.4, -0.2) is 20.1 Å². The topological polar surface area (TPSA) is 63.6 Å². The summed E-state index contributed by atoms with van der Waals surface area (Å²) in [7, 11) is 0. The van der Waals surface area contributed by atoms with E-state index in [4.69, 9.17) is 4.55 Å². The van der Waals surface area contributed by atoms with E-state index < -0.39 is 17.0 Å². The van der Waals surface area contributed by atoms with Crippen molar-refractivity contribution in [3.05, 3.63) is 0 Å². The van der Waals surface area contributed by atoms with Gasteiger partial charge in [0.25, 0.3) is 0 Å². The first-order chi connectivity index (χ1) is 4.83. The van der Waals surface area contributed by atoms with Gasteiger partial charge in [-0.1, -0.05) is 0 Å². The summed E-state index contributed by atoms with van der Waals surface area (Å²) in [5, 5.41) is 0. The molecule has 5 heteroatoms. The Labute approximate surface area is 68.4 Å². The fraction of sp³-hybridized carbons (Fsp3) is 0.833. The lowest BCUT2D eigenvalue weighted by Gasteiger charge is -2.19. The maximum atomic E-state index is 10.6. The standard InChI is InChI=1S/C6H12O4S/c1-5(7)4-6(2,3)10-11(8)9/h4H2,1-3H3,(H,8,9). The molecule has 0 saturated carbocycles. The summed E-state index contributed by atoms with van der Waals surface area (Å²) < 4.78 is 23.1. The van der Waals surface area contributed by atoms with Crippen LogP contribution in [0.2, 0.25) is 0 Å². The van der Waals surface area contributed by atoms with Gasteiger partial charge in [-0.3, -0.25) is 13.5 Å². The molecule has 0 aliphatic carbocycles. The molecule has 1 atom stereocenters. The highest BCUT2D eigenvalue weighted by atomic mass is 32.2. The van der Waals surface area contributed by atoms with Crippen LogP contribution in [0.25, 0.3) is 0 Å². The molecule has 0 aromatic carbocycles. The number of carbonyl (C=O) groups excluding carboxylic acids is 1. The molecule has 1 N–H and O–H groups in total. The van der Waals surface area contributed by atoms with Crippen LogP contribution in [0.4, 0.5) is 0 Å². The first-order valence-electron chi connectivity index (χ1n) is 3.13. The predicted molar refractivity (Wildman–Crippen MR) is 41.2 cm³/mol. The van der Waals surface area contributed by atoms with E-state index in [1.165, 1.54) is 6.92 Å². The van der Waals surface area contributed by atoms with Crippen molar-refractivity contribution < 1.29 is 17.7 Å². The van der Waals surface area contributed by atoms with Crippen LogP contribution in [0, 0.1) is 0 Å². The molecule has 66 valence electrons. The van der Waals surface area contributed by atoms with Crippen LogP contribution < -0.4 is 0 Å². The molecule has 1 unspecified atom stereocenters. The molecule has 0 spiro atoms. The molecule has 0 rings (SSSR count). The van der Waals surface area contributed by atoms with Crippen LogP contribution in [-0.2, 0) is 20.3 Å². The molecule has 0 aliphatic heterocycles. The molecule has 11 heavy (non-hydrogen) atoms. The fourth-order valence-electron chi connectivity index (χ4n) is 0.822. The van der Waals surface area contributed by atoms with E-state index in [9.17, 15) is 9.00 Å². The molecule has 0 radical (unpaired) electrons. The van der Waals surface area contributed by atoms with Crippen LogP contribution in [0.1, 0.15) is 27.2 Å². The van der Waals surface area contributed by atoms with Crippen LogP contribution >= 0.6 is 0 Å². The highest BCUT2D eigenvalue weighted by molar-refractivity contribution is 7.74. The zero-order valence-electron chi connectivity index (χ0n) is 6.79. The zero-order chi connectivity index (χ0) is 9.07. The van der Waals surface area contributed by atoms with Gasteiger partial charge in [-0.05, 0) is 20.8 Å². The van der Waals surface area contributed by atoms with Crippen molar-refractivity contribution in [3.63, 3.8) is 0 Å². The fourth-order valence-corrected chi connectivity index (χ4v) is 1.27. The van der Waals surface area contributed by atoms with Gasteiger partial charge in [-0.15, -0.1) is 0 Å². The maximum absolute atomic E-state index is 10.6. The van der Waals surface area contributed by atoms with Gasteiger partial charge in [0.15, 0.2) is 0 Å². The smallest absolute Gasteiger partial charge is 0.300 e. The lowest BCUT2D eigenvalue weighted by Crippen LogP contribution is -2.27. The van der Waals surface area contributed by atoms with E-state index in [2.05, 4.69) is 4.18 Å². The van der Waals surface area contributed by atoms with Gasteiger partial charge >= 0.3 is 11.4 Å². The highest BCUT2D eigenvalue weighted by Gasteiger charge is 2.23. The Bertz CT molecular complexity index is 157. The normalized spacial score (nSPS) is 14.5. The van der Waals surface area contributed by atoms with Crippen molar-refractivity contribution in [1.82, 2.24) is 0 Å². The molecule has 4 nitrogen and oxygen atoms in total. The van der Waals surface area contributed by atoms with E-state index in [0.717, 1.165) is 0 Å². The first-order valence-corrected chi connectivity index (χ1v) is 4.16. The molecule has 0 heterocycles. The highest BCUT2D eigenvalue weighted by Crippen LogP contribution is 2.15. The summed E-state index contributed by atoms with van der Waals surface area (Å²) in [6.07, 6.45) is 0.138. The van der Waals surface area contributed by atoms with Gasteiger partial charge in [-0.2, -0.15) is 4.21 Å². The van der Waals surface area contributed by atoms with E-state index in [-0.39, 0.29) is 12.2 Å². The van der Waals surface area contributed by atoms with Crippen LogP contribution in [0.5, 0.6) is 0 Å². The van der Waals surface area contributed by atoms with Crippen molar-refractivity contribution in [2.75, 3.05) is 0 Å². The van der Waals surface area contributed by atoms with Crippen molar-refractivity contribution in [2.24, 2.45) is 0 Å². The molecule has 0 aromatic heterocycles. The Hall–Kier alpha value is -0.260. The van der Waals surface area contributed by atoms with E-state index in [1.807, 2.05) is 0 Å². The Morgan fingerprint density at radius 1 is 1.64 bits per heavy atom. The lowest BCUT2D eigenvalue weighted by atomic mass is 10.0. The van der Waals surface area contributed by atoms with Crippen LogP contribution in [0.3, 0.4) is 0 Å². The lowest BCUT2D eigenvalue weighted by molar-refractivity contribution is -0.119. The molecular formula is C6H12O4S. The first kappa shape index (κ1) is 10.7. The molecule has 0 aliphatic rings. The predicted octanol–water partition coefficient (Wildman–Crippen LogP) is 0.897.